The van der Waals surface area contributed by atoms with Crippen LogP contribution in [0.25, 0.3) is 11.3 Å². The first kappa shape index (κ1) is 26.4. The van der Waals surface area contributed by atoms with Gasteiger partial charge >= 0.3 is 5.97 Å². The summed E-state index contributed by atoms with van der Waals surface area (Å²) in [5, 5.41) is 12.4. The van der Waals surface area contributed by atoms with Gasteiger partial charge in [-0.15, -0.1) is 11.3 Å². The van der Waals surface area contributed by atoms with Gasteiger partial charge in [0.05, 0.1) is 18.2 Å². The normalized spacial score (nSPS) is 14.9. The highest BCUT2D eigenvalue weighted by Gasteiger charge is 2.24. The molecule has 2 heterocycles. The molecule has 0 atom stereocenters. The van der Waals surface area contributed by atoms with Crippen molar-refractivity contribution >= 4 is 17.3 Å². The number of hydrogen-bond donors (Lipinski definition) is 1. The number of thiazole rings is 1. The molecular weight excluding hydrogens is 468 g/mol. The highest BCUT2D eigenvalue weighted by molar-refractivity contribution is 7.09. The maximum absolute atomic E-state index is 11.2. The first-order valence-corrected chi connectivity index (χ1v) is 14.1. The van der Waals surface area contributed by atoms with Gasteiger partial charge in [-0.25, -0.2) is 4.98 Å². The molecule has 0 spiro atoms. The summed E-state index contributed by atoms with van der Waals surface area (Å²) < 4.78 is 6.05. The molecule has 3 aromatic rings. The number of rotatable bonds is 12. The van der Waals surface area contributed by atoms with Gasteiger partial charge in [0.1, 0.15) is 17.4 Å². The molecule has 36 heavy (non-hydrogen) atoms. The Morgan fingerprint density at radius 3 is 2.33 bits per heavy atom. The smallest absolute Gasteiger partial charge is 0.306 e. The Morgan fingerprint density at radius 2 is 1.72 bits per heavy atom. The van der Waals surface area contributed by atoms with Gasteiger partial charge in [-0.05, 0) is 68.0 Å². The van der Waals surface area contributed by atoms with Crippen molar-refractivity contribution in [3.63, 3.8) is 0 Å². The van der Waals surface area contributed by atoms with Crippen LogP contribution in [0.4, 0.5) is 0 Å². The third kappa shape index (κ3) is 7.17. The number of aliphatic carboxylic acids is 1. The zero-order chi connectivity index (χ0) is 25.3. The molecule has 1 aliphatic rings. The number of carbonyl (C=O) groups is 1. The Morgan fingerprint density at radius 1 is 1.06 bits per heavy atom. The third-order valence-corrected chi connectivity index (χ3v) is 7.96. The lowest BCUT2D eigenvalue weighted by atomic mass is 9.90. The molecule has 1 N–H and O–H groups in total. The first-order chi connectivity index (χ1) is 17.6. The second-order valence-corrected chi connectivity index (χ2v) is 10.8. The van der Waals surface area contributed by atoms with Gasteiger partial charge in [-0.2, -0.15) is 0 Å². The van der Waals surface area contributed by atoms with Crippen LogP contribution in [-0.2, 0) is 17.9 Å². The Bertz CT molecular complexity index is 1080. The van der Waals surface area contributed by atoms with E-state index in [-0.39, 0.29) is 5.92 Å². The Balaban J connectivity index is 1.27. The lowest BCUT2D eigenvalue weighted by molar-refractivity contribution is -0.143. The van der Waals surface area contributed by atoms with Crippen molar-refractivity contribution < 1.29 is 14.6 Å². The van der Waals surface area contributed by atoms with Crippen LogP contribution in [0.3, 0.4) is 0 Å². The van der Waals surface area contributed by atoms with Crippen molar-refractivity contribution in [1.82, 2.24) is 9.88 Å². The van der Waals surface area contributed by atoms with E-state index in [0.717, 1.165) is 60.1 Å². The number of piperidine rings is 1. The predicted molar refractivity (Wildman–Crippen MR) is 147 cm³/mol. The summed E-state index contributed by atoms with van der Waals surface area (Å²) in [7, 11) is 0. The van der Waals surface area contributed by atoms with Gasteiger partial charge in [-0.1, -0.05) is 63.1 Å². The minimum Gasteiger partial charge on any atom is -0.489 e. The molecule has 2 aromatic carbocycles. The van der Waals surface area contributed by atoms with Crippen LogP contribution >= 0.6 is 11.3 Å². The summed E-state index contributed by atoms with van der Waals surface area (Å²) in [6.45, 7) is 7.49. The van der Waals surface area contributed by atoms with Gasteiger partial charge in [0, 0.05) is 10.9 Å². The van der Waals surface area contributed by atoms with Crippen LogP contribution in [0.2, 0.25) is 0 Å². The van der Waals surface area contributed by atoms with Crippen molar-refractivity contribution in [2.45, 2.75) is 71.4 Å². The van der Waals surface area contributed by atoms with Crippen molar-refractivity contribution in [2.75, 3.05) is 13.1 Å². The number of likely N-dealkylation sites (tertiary alicyclic amines) is 1. The fraction of sp³-hybridized carbons (Fsp3) is 0.467. The van der Waals surface area contributed by atoms with E-state index in [0.29, 0.717) is 12.5 Å². The van der Waals surface area contributed by atoms with E-state index >= 15 is 0 Å². The summed E-state index contributed by atoms with van der Waals surface area (Å²) >= 11 is 1.67. The second kappa shape index (κ2) is 13.0. The zero-order valence-corrected chi connectivity index (χ0v) is 22.3. The molecule has 1 aliphatic heterocycles. The van der Waals surface area contributed by atoms with Gasteiger partial charge in [-0.3, -0.25) is 9.69 Å². The summed E-state index contributed by atoms with van der Waals surface area (Å²) in [6.07, 6.45) is 6.36. The van der Waals surface area contributed by atoms with E-state index in [1.807, 2.05) is 0 Å². The molecule has 0 unspecified atom stereocenters. The number of aromatic nitrogens is 1. The molecule has 192 valence electrons. The molecule has 0 bridgehead atoms. The number of hydrogen-bond acceptors (Lipinski definition) is 5. The van der Waals surface area contributed by atoms with E-state index in [1.54, 1.807) is 11.3 Å². The van der Waals surface area contributed by atoms with Gasteiger partial charge in [0.2, 0.25) is 0 Å². The molecule has 1 fully saturated rings. The van der Waals surface area contributed by atoms with Crippen molar-refractivity contribution in [3.8, 4) is 17.0 Å². The standard InChI is InChI=1S/C30H38N2O3S/c1-3-5-23(6-4-2)24-11-13-27(14-12-24)35-20-22-7-9-25(10-8-22)28-21-36-29(31-28)19-32-17-15-26(16-18-32)30(33)34/h7-14,21,23,26H,3-6,15-20H2,1-2H3,(H,33,34). The Labute approximate surface area is 219 Å². The Hall–Kier alpha value is -2.70. The van der Waals surface area contributed by atoms with Gasteiger partial charge < -0.3 is 9.84 Å². The van der Waals surface area contributed by atoms with Crippen molar-refractivity contribution in [1.29, 1.82) is 0 Å². The Kier molecular flexibility index (Phi) is 9.54. The number of benzene rings is 2. The summed E-state index contributed by atoms with van der Waals surface area (Å²) in [4.78, 5) is 18.3. The molecule has 4 rings (SSSR count). The minimum absolute atomic E-state index is 0.195. The molecule has 1 aromatic heterocycles. The lowest BCUT2D eigenvalue weighted by Gasteiger charge is -2.29. The lowest BCUT2D eigenvalue weighted by Crippen LogP contribution is -2.35. The third-order valence-electron chi connectivity index (χ3n) is 7.13. The average molecular weight is 507 g/mol. The van der Waals surface area contributed by atoms with Crippen molar-refractivity contribution in [2.24, 2.45) is 5.92 Å². The van der Waals surface area contributed by atoms with Crippen molar-refractivity contribution in [3.05, 3.63) is 70.0 Å². The van der Waals surface area contributed by atoms with Crippen LogP contribution in [0.5, 0.6) is 5.75 Å². The highest BCUT2D eigenvalue weighted by Crippen LogP contribution is 2.29. The fourth-order valence-corrected chi connectivity index (χ4v) is 5.84. The molecule has 0 saturated carbocycles. The highest BCUT2D eigenvalue weighted by atomic mass is 32.1. The largest absolute Gasteiger partial charge is 0.489 e. The van der Waals surface area contributed by atoms with Crippen LogP contribution in [-0.4, -0.2) is 34.0 Å². The van der Waals surface area contributed by atoms with Crippen LogP contribution in [0.1, 0.15) is 74.4 Å². The fourth-order valence-electron chi connectivity index (χ4n) is 4.99. The number of carboxylic acid groups (broad SMARTS) is 1. The first-order valence-electron chi connectivity index (χ1n) is 13.3. The maximum Gasteiger partial charge on any atom is 0.306 e. The van der Waals surface area contributed by atoms with E-state index in [2.05, 4.69) is 72.7 Å². The molecule has 5 nitrogen and oxygen atoms in total. The van der Waals surface area contributed by atoms with E-state index in [1.165, 1.54) is 31.2 Å². The van der Waals surface area contributed by atoms with Crippen LogP contribution in [0, 0.1) is 5.92 Å². The monoisotopic (exact) mass is 506 g/mol. The molecule has 0 amide bonds. The second-order valence-electron chi connectivity index (χ2n) is 9.84. The molecule has 0 aliphatic carbocycles. The minimum atomic E-state index is -0.666. The number of nitrogens with zero attached hydrogens (tertiary/aromatic N) is 2. The molecular formula is C30H38N2O3S. The van der Waals surface area contributed by atoms with E-state index in [9.17, 15) is 9.90 Å². The van der Waals surface area contributed by atoms with E-state index < -0.39 is 5.97 Å². The SMILES string of the molecule is CCCC(CCC)c1ccc(OCc2ccc(-c3csc(CN4CCC(C(=O)O)CC4)n3)cc2)cc1. The maximum atomic E-state index is 11.2. The average Bonchev–Trinajstić information content (AvgIpc) is 3.37. The van der Waals surface area contributed by atoms with E-state index in [4.69, 9.17) is 9.72 Å². The zero-order valence-electron chi connectivity index (χ0n) is 21.5. The molecule has 0 radical (unpaired) electrons. The quantitative estimate of drug-likeness (QED) is 0.278. The molecule has 1 saturated heterocycles. The van der Waals surface area contributed by atoms with Gasteiger partial charge in [0.25, 0.3) is 0 Å². The summed E-state index contributed by atoms with van der Waals surface area (Å²) in [5.41, 5.74) is 4.65. The predicted octanol–water partition coefficient (Wildman–Crippen LogP) is 7.37. The topological polar surface area (TPSA) is 62.7 Å². The number of ether oxygens (including phenoxy) is 1. The number of carboxylic acids is 1. The summed E-state index contributed by atoms with van der Waals surface area (Å²) in [5.74, 6) is 0.697. The molecule has 6 heteroatoms. The van der Waals surface area contributed by atoms with Gasteiger partial charge in [0.15, 0.2) is 0 Å². The summed E-state index contributed by atoms with van der Waals surface area (Å²) in [6, 6.07) is 17.1. The van der Waals surface area contributed by atoms with Crippen LogP contribution < -0.4 is 4.74 Å². The van der Waals surface area contributed by atoms with Crippen LogP contribution in [0.15, 0.2) is 53.9 Å².